The second kappa shape index (κ2) is 5.93. The molecule has 6 heteroatoms. The van der Waals surface area contributed by atoms with Crippen LogP contribution in [-0.4, -0.2) is 59.8 Å². The summed E-state index contributed by atoms with van der Waals surface area (Å²) in [5, 5.41) is 3.04. The van der Waals surface area contributed by atoms with Crippen LogP contribution in [-0.2, 0) is 22.5 Å². The summed E-state index contributed by atoms with van der Waals surface area (Å²) in [7, 11) is 2.02. The second-order valence-corrected chi connectivity index (χ2v) is 5.76. The van der Waals surface area contributed by atoms with Crippen LogP contribution >= 0.6 is 0 Å². The van der Waals surface area contributed by atoms with Gasteiger partial charge in [0.1, 0.15) is 11.9 Å². The topological polar surface area (TPSA) is 59.4 Å². The number of fused-ring (bicyclic) bond motifs is 1. The van der Waals surface area contributed by atoms with E-state index >= 15 is 0 Å². The van der Waals surface area contributed by atoms with Gasteiger partial charge in [0, 0.05) is 45.0 Å². The number of hydrogen-bond acceptors (Lipinski definition) is 4. The van der Waals surface area contributed by atoms with Gasteiger partial charge in [0.25, 0.3) is 0 Å². The molecule has 1 aromatic heterocycles. The van der Waals surface area contributed by atoms with Gasteiger partial charge in [0.15, 0.2) is 0 Å². The highest BCUT2D eigenvalue weighted by molar-refractivity contribution is 5.81. The Morgan fingerprint density at radius 3 is 3.30 bits per heavy atom. The number of carbonyl (C=O) groups is 1. The van der Waals surface area contributed by atoms with E-state index in [1.165, 1.54) is 0 Å². The van der Waals surface area contributed by atoms with Crippen LogP contribution in [0.4, 0.5) is 0 Å². The monoisotopic (exact) mass is 278 g/mol. The lowest BCUT2D eigenvalue weighted by atomic mass is 9.98. The number of aryl methyl sites for hydroxylation is 1. The summed E-state index contributed by atoms with van der Waals surface area (Å²) in [5.41, 5.74) is 0. The van der Waals surface area contributed by atoms with E-state index < -0.39 is 0 Å². The molecule has 3 rings (SSSR count). The molecule has 1 fully saturated rings. The molecule has 110 valence electrons. The summed E-state index contributed by atoms with van der Waals surface area (Å²) >= 11 is 0. The number of nitrogens with zero attached hydrogens (tertiary/aromatic N) is 3. The highest BCUT2D eigenvalue weighted by Crippen LogP contribution is 2.18. The van der Waals surface area contributed by atoms with Gasteiger partial charge < -0.3 is 19.5 Å². The van der Waals surface area contributed by atoms with Crippen LogP contribution in [0, 0.1) is 5.92 Å². The van der Waals surface area contributed by atoms with Crippen LogP contribution in [0.3, 0.4) is 0 Å². The summed E-state index contributed by atoms with van der Waals surface area (Å²) < 4.78 is 7.72. The molecule has 20 heavy (non-hydrogen) atoms. The quantitative estimate of drug-likeness (QED) is 0.838. The lowest BCUT2D eigenvalue weighted by Gasteiger charge is -2.30. The third-order valence-electron chi connectivity index (χ3n) is 4.18. The molecule has 0 aliphatic carbocycles. The zero-order chi connectivity index (χ0) is 13.9. The first-order chi connectivity index (χ1) is 9.72. The van der Waals surface area contributed by atoms with E-state index in [-0.39, 0.29) is 12.0 Å². The molecule has 1 saturated heterocycles. The van der Waals surface area contributed by atoms with Crippen LogP contribution in [0.15, 0.2) is 12.4 Å². The van der Waals surface area contributed by atoms with Crippen molar-refractivity contribution in [1.29, 1.82) is 0 Å². The number of likely N-dealkylation sites (N-methyl/N-ethyl adjacent to an activating group) is 1. The molecule has 2 aliphatic heterocycles. The molecule has 2 aliphatic rings. The van der Waals surface area contributed by atoms with Crippen LogP contribution in [0.25, 0.3) is 0 Å². The molecule has 0 spiro atoms. The van der Waals surface area contributed by atoms with Crippen molar-refractivity contribution < 1.29 is 9.53 Å². The Kier molecular flexibility index (Phi) is 4.03. The van der Waals surface area contributed by atoms with Gasteiger partial charge in [-0.1, -0.05) is 0 Å². The molecule has 0 bridgehead atoms. The molecule has 1 N–H and O–H groups in total. The highest BCUT2D eigenvalue weighted by atomic mass is 16.5. The van der Waals surface area contributed by atoms with Gasteiger partial charge in [-0.25, -0.2) is 4.98 Å². The first-order valence-electron chi connectivity index (χ1n) is 7.30. The molecule has 1 amide bonds. The number of imidazole rings is 1. The Bertz CT molecular complexity index is 473. The first kappa shape index (κ1) is 13.6. The lowest BCUT2D eigenvalue weighted by molar-refractivity contribution is -0.138. The minimum atomic E-state index is -0.320. The van der Waals surface area contributed by atoms with Crippen molar-refractivity contribution in [1.82, 2.24) is 19.8 Å². The number of hydrogen-bond donors (Lipinski definition) is 1. The van der Waals surface area contributed by atoms with Crippen molar-refractivity contribution in [3.63, 3.8) is 0 Å². The lowest BCUT2D eigenvalue weighted by Crippen LogP contribution is -2.49. The fourth-order valence-corrected chi connectivity index (χ4v) is 2.88. The summed E-state index contributed by atoms with van der Waals surface area (Å²) in [6.07, 6.45) is 5.59. The largest absolute Gasteiger partial charge is 0.366 e. The Balaban J connectivity index is 1.47. The molecule has 0 radical (unpaired) electrons. The molecular formula is C14H22N4O2. The fraction of sp³-hybridized carbons (Fsp3) is 0.714. The van der Waals surface area contributed by atoms with E-state index in [4.69, 9.17) is 4.74 Å². The minimum absolute atomic E-state index is 0.0189. The smallest absolute Gasteiger partial charge is 0.250 e. The van der Waals surface area contributed by atoms with Gasteiger partial charge in [0.2, 0.25) is 5.91 Å². The molecule has 0 unspecified atom stereocenters. The minimum Gasteiger partial charge on any atom is -0.366 e. The molecule has 2 atom stereocenters. The number of amides is 1. The summed E-state index contributed by atoms with van der Waals surface area (Å²) in [6, 6.07) is 0. The van der Waals surface area contributed by atoms with Crippen molar-refractivity contribution in [2.75, 3.05) is 33.3 Å². The summed E-state index contributed by atoms with van der Waals surface area (Å²) in [6.45, 7) is 3.93. The summed E-state index contributed by atoms with van der Waals surface area (Å²) in [4.78, 5) is 18.6. The highest BCUT2D eigenvalue weighted by Gasteiger charge is 2.26. The SMILES string of the molecule is CN1CCO[C@@H](C(=O)NC[C@H]2CCn3ccnc3C2)C1. The molecule has 1 aromatic rings. The molecule has 3 heterocycles. The second-order valence-electron chi connectivity index (χ2n) is 5.76. The van der Waals surface area contributed by atoms with E-state index in [2.05, 4.69) is 19.8 Å². The number of nitrogens with one attached hydrogen (secondary N) is 1. The van der Waals surface area contributed by atoms with Gasteiger partial charge >= 0.3 is 0 Å². The standard InChI is InChI=1S/C14H22N4O2/c1-17-6-7-20-12(10-17)14(19)16-9-11-2-4-18-5-3-15-13(18)8-11/h3,5,11-12H,2,4,6-10H2,1H3,(H,16,19)/t11-,12+/m0/s1. The predicted molar refractivity (Wildman–Crippen MR) is 74.3 cm³/mol. The average molecular weight is 278 g/mol. The van der Waals surface area contributed by atoms with Crippen molar-refractivity contribution >= 4 is 5.91 Å². The maximum atomic E-state index is 12.1. The maximum absolute atomic E-state index is 12.1. The van der Waals surface area contributed by atoms with Crippen molar-refractivity contribution in [3.05, 3.63) is 18.2 Å². The van der Waals surface area contributed by atoms with Crippen molar-refractivity contribution in [2.45, 2.75) is 25.5 Å². The number of rotatable bonds is 3. The van der Waals surface area contributed by atoms with E-state index in [0.29, 0.717) is 19.1 Å². The molecule has 0 saturated carbocycles. The Hall–Kier alpha value is -1.40. The molecule has 6 nitrogen and oxygen atoms in total. The fourth-order valence-electron chi connectivity index (χ4n) is 2.88. The van der Waals surface area contributed by atoms with Gasteiger partial charge in [-0.2, -0.15) is 0 Å². The van der Waals surface area contributed by atoms with Gasteiger partial charge in [-0.05, 0) is 19.4 Å². The van der Waals surface area contributed by atoms with Crippen molar-refractivity contribution in [3.8, 4) is 0 Å². The third kappa shape index (κ3) is 3.02. The van der Waals surface area contributed by atoms with Crippen LogP contribution in [0.2, 0.25) is 0 Å². The third-order valence-corrected chi connectivity index (χ3v) is 4.18. The number of aromatic nitrogens is 2. The van der Waals surface area contributed by atoms with Gasteiger partial charge in [0.05, 0.1) is 6.61 Å². The molecular weight excluding hydrogens is 256 g/mol. The van der Waals surface area contributed by atoms with E-state index in [0.717, 1.165) is 38.3 Å². The zero-order valence-corrected chi connectivity index (χ0v) is 11.9. The number of ether oxygens (including phenoxy) is 1. The normalized spacial score (nSPS) is 27.1. The maximum Gasteiger partial charge on any atom is 0.250 e. The van der Waals surface area contributed by atoms with Crippen LogP contribution < -0.4 is 5.32 Å². The van der Waals surface area contributed by atoms with Gasteiger partial charge in [-0.3, -0.25) is 4.79 Å². The zero-order valence-electron chi connectivity index (χ0n) is 11.9. The predicted octanol–water partition coefficient (Wildman–Crippen LogP) is -0.108. The van der Waals surface area contributed by atoms with E-state index in [9.17, 15) is 4.79 Å². The Morgan fingerprint density at radius 1 is 1.55 bits per heavy atom. The van der Waals surface area contributed by atoms with Crippen LogP contribution in [0.1, 0.15) is 12.2 Å². The van der Waals surface area contributed by atoms with Crippen molar-refractivity contribution in [2.24, 2.45) is 5.92 Å². The first-order valence-corrected chi connectivity index (χ1v) is 7.30. The van der Waals surface area contributed by atoms with E-state index in [1.807, 2.05) is 19.4 Å². The Morgan fingerprint density at radius 2 is 2.45 bits per heavy atom. The van der Waals surface area contributed by atoms with Crippen LogP contribution in [0.5, 0.6) is 0 Å². The molecule has 0 aromatic carbocycles. The van der Waals surface area contributed by atoms with E-state index in [1.54, 1.807) is 0 Å². The Labute approximate surface area is 119 Å². The summed E-state index contributed by atoms with van der Waals surface area (Å²) in [5.74, 6) is 1.63. The average Bonchev–Trinajstić information content (AvgIpc) is 2.92. The number of carbonyl (C=O) groups excluding carboxylic acids is 1. The van der Waals surface area contributed by atoms with Gasteiger partial charge in [-0.15, -0.1) is 0 Å². The number of morpholine rings is 1.